The van der Waals surface area contributed by atoms with Crippen LogP contribution in [0.3, 0.4) is 0 Å². The molecule has 0 saturated carbocycles. The van der Waals surface area contributed by atoms with E-state index in [-0.39, 0.29) is 68.1 Å². The first-order valence-corrected chi connectivity index (χ1v) is 6.32. The first-order valence-electron chi connectivity index (χ1n) is 4.77. The number of halogens is 4. The number of rotatable bonds is 3. The second-order valence-electron chi connectivity index (χ2n) is 3.76. The Morgan fingerprint density at radius 2 is 1.84 bits per heavy atom. The van der Waals surface area contributed by atoms with Crippen molar-refractivity contribution in [2.75, 3.05) is 0 Å². The molecule has 0 heterocycles. The minimum absolute atomic E-state index is 0. The van der Waals surface area contributed by atoms with E-state index in [9.17, 15) is 25.3 Å². The van der Waals surface area contributed by atoms with Gasteiger partial charge >= 0.3 is 68.6 Å². The van der Waals surface area contributed by atoms with Crippen molar-refractivity contribution in [3.63, 3.8) is 0 Å². The molecular weight excluding hydrogens is 310 g/mol. The van der Waals surface area contributed by atoms with Gasteiger partial charge in [0.2, 0.25) is 0 Å². The van der Waals surface area contributed by atoms with Crippen LogP contribution in [0.25, 0.3) is 0 Å². The van der Waals surface area contributed by atoms with Crippen LogP contribution in [0.4, 0.5) is 16.8 Å². The third kappa shape index (κ3) is 5.57. The van der Waals surface area contributed by atoms with E-state index in [1.165, 1.54) is 6.92 Å². The van der Waals surface area contributed by atoms with Gasteiger partial charge in [-0.15, -0.1) is 15.8 Å². The Morgan fingerprint density at radius 3 is 2.21 bits per heavy atom. The summed E-state index contributed by atoms with van der Waals surface area (Å²) in [7, 11) is -4.91. The minimum atomic E-state index is -5.34. The summed E-state index contributed by atoms with van der Waals surface area (Å²) < 4.78 is 71.6. The topological polar surface area (TPSA) is 34.1 Å². The van der Waals surface area contributed by atoms with Crippen LogP contribution < -0.4 is 56.8 Å². The van der Waals surface area contributed by atoms with Crippen LogP contribution in [0.5, 0.6) is 0 Å². The summed E-state index contributed by atoms with van der Waals surface area (Å²) in [5.41, 5.74) is -1.57. The van der Waals surface area contributed by atoms with Crippen LogP contribution in [0.1, 0.15) is 16.7 Å². The Bertz CT molecular complexity index is 620. The molecule has 0 amide bonds. The normalized spacial score (nSPS) is 11.6. The fourth-order valence-corrected chi connectivity index (χ4v) is 2.14. The van der Waals surface area contributed by atoms with Gasteiger partial charge in [0.25, 0.3) is 0 Å². The van der Waals surface area contributed by atoms with Gasteiger partial charge in [-0.3, -0.25) is 0 Å². The van der Waals surface area contributed by atoms with E-state index >= 15 is 0 Å². The molecule has 0 aliphatic carbocycles. The Hall–Kier alpha value is 0.151. The molecule has 0 aromatic heterocycles. The predicted octanol–water partition coefficient (Wildman–Crippen LogP) is -1.17. The van der Waals surface area contributed by atoms with Crippen LogP contribution in [0.15, 0.2) is 12.1 Å². The smallest absolute Gasteiger partial charge is 0.445 e. The van der Waals surface area contributed by atoms with Crippen molar-refractivity contribution in [2.45, 2.75) is 12.7 Å². The maximum Gasteiger partial charge on any atom is 1.00 e. The van der Waals surface area contributed by atoms with Crippen LogP contribution in [0.2, 0.25) is 0 Å². The molecule has 1 rings (SSSR count). The molecule has 0 aliphatic heterocycles. The second-order valence-corrected chi connectivity index (χ2v) is 5.13. The van der Waals surface area contributed by atoms with Gasteiger partial charge in [-0.05, 0) is 18.6 Å². The third-order valence-electron chi connectivity index (χ3n) is 2.35. The van der Waals surface area contributed by atoms with Crippen molar-refractivity contribution < 1.29 is 76.6 Å². The maximum absolute atomic E-state index is 12.7. The quantitative estimate of drug-likeness (QED) is 0.305. The van der Waals surface area contributed by atoms with E-state index in [1.54, 1.807) is 0 Å². The molecule has 0 radical (unpaired) electrons. The molecule has 98 valence electrons. The van der Waals surface area contributed by atoms with Crippen molar-refractivity contribution in [1.29, 1.82) is 0 Å². The number of hydrogen-bond acceptors (Lipinski definition) is 2. The van der Waals surface area contributed by atoms with E-state index in [2.05, 4.69) is 0 Å². The zero-order valence-electron chi connectivity index (χ0n) is 10.3. The number of benzene rings is 1. The molecule has 19 heavy (non-hydrogen) atoms. The van der Waals surface area contributed by atoms with Crippen molar-refractivity contribution in [3.8, 4) is 12.3 Å². The van der Waals surface area contributed by atoms with Gasteiger partial charge in [0, 0.05) is 5.56 Å². The summed E-state index contributed by atoms with van der Waals surface area (Å²) in [4.78, 5) is 0. The van der Waals surface area contributed by atoms with Crippen molar-refractivity contribution in [3.05, 3.63) is 28.8 Å². The largest absolute Gasteiger partial charge is 1.00 e. The standard InChI is InChI=1S/C10H8BF4O2S.K/c1-3-9-4-8(6-18(15,16)17)5-10(7(9)2)11(12,13)14;/h1,4-5H,6H2,2H3;/q-1;+1. The summed E-state index contributed by atoms with van der Waals surface area (Å²) in [5.74, 6) is 0.903. The molecule has 9 heteroatoms. The zero-order valence-corrected chi connectivity index (χ0v) is 14.2. The Kier molecular flexibility index (Phi) is 6.79. The summed E-state index contributed by atoms with van der Waals surface area (Å²) in [6.07, 6.45) is 5.04. The number of terminal acetylenes is 1. The van der Waals surface area contributed by atoms with Gasteiger partial charge < -0.3 is 12.9 Å². The van der Waals surface area contributed by atoms with E-state index in [4.69, 9.17) is 6.42 Å². The molecular formula is C10H8BF4KO2S. The summed E-state index contributed by atoms with van der Waals surface area (Å²) >= 11 is 0. The SMILES string of the molecule is C#Cc1cc(CS(=O)(=O)F)cc([B-](F)(F)F)c1C.[K+]. The van der Waals surface area contributed by atoms with E-state index in [1.807, 2.05) is 5.92 Å². The van der Waals surface area contributed by atoms with Gasteiger partial charge in [0.05, 0.1) is 0 Å². The molecule has 0 spiro atoms. The van der Waals surface area contributed by atoms with E-state index < -0.39 is 28.4 Å². The average molecular weight is 318 g/mol. The van der Waals surface area contributed by atoms with Crippen molar-refractivity contribution in [2.24, 2.45) is 0 Å². The van der Waals surface area contributed by atoms with Crippen LogP contribution >= 0.6 is 0 Å². The average Bonchev–Trinajstić information content (AvgIpc) is 2.16. The maximum atomic E-state index is 12.7. The molecule has 0 bridgehead atoms. The van der Waals surface area contributed by atoms with E-state index in [0.717, 1.165) is 6.07 Å². The molecule has 0 saturated heterocycles. The molecule has 0 unspecified atom stereocenters. The van der Waals surface area contributed by atoms with Gasteiger partial charge in [0.1, 0.15) is 5.75 Å². The Morgan fingerprint density at radius 1 is 1.32 bits per heavy atom. The molecule has 1 aromatic carbocycles. The van der Waals surface area contributed by atoms with Crippen LogP contribution in [-0.4, -0.2) is 15.4 Å². The third-order valence-corrected chi connectivity index (χ3v) is 3.03. The minimum Gasteiger partial charge on any atom is -0.445 e. The molecule has 2 nitrogen and oxygen atoms in total. The van der Waals surface area contributed by atoms with Gasteiger partial charge in [0.15, 0.2) is 0 Å². The van der Waals surface area contributed by atoms with Crippen molar-refractivity contribution in [1.82, 2.24) is 0 Å². The first-order chi connectivity index (χ1) is 8.04. The van der Waals surface area contributed by atoms with Crippen LogP contribution in [-0.2, 0) is 16.0 Å². The van der Waals surface area contributed by atoms with Gasteiger partial charge in [-0.25, -0.2) is 0 Å². The molecule has 0 fully saturated rings. The second kappa shape index (κ2) is 6.74. The zero-order chi connectivity index (χ0) is 14.1. The fourth-order valence-electron chi connectivity index (χ4n) is 1.57. The molecule has 0 N–H and O–H groups in total. The fraction of sp³-hybridized carbons (Fsp3) is 0.200. The molecule has 1 aromatic rings. The monoisotopic (exact) mass is 318 g/mol. The summed E-state index contributed by atoms with van der Waals surface area (Å²) in [6.45, 7) is -4.15. The molecule has 0 aliphatic rings. The molecule has 0 atom stereocenters. The number of hydrogen-bond donors (Lipinski definition) is 0. The predicted molar refractivity (Wildman–Crippen MR) is 61.6 cm³/mol. The summed E-state index contributed by atoms with van der Waals surface area (Å²) in [5, 5.41) is 0. The van der Waals surface area contributed by atoms with Gasteiger partial charge in [-0.2, -0.15) is 8.42 Å². The van der Waals surface area contributed by atoms with Crippen LogP contribution in [0, 0.1) is 19.3 Å². The Balaban J connectivity index is 0.00000324. The first kappa shape index (κ1) is 19.2. The Labute approximate surface area is 151 Å². The van der Waals surface area contributed by atoms with Crippen molar-refractivity contribution >= 4 is 22.7 Å². The van der Waals surface area contributed by atoms with E-state index in [0.29, 0.717) is 6.07 Å². The summed E-state index contributed by atoms with van der Waals surface area (Å²) in [6, 6.07) is 1.69. The van der Waals surface area contributed by atoms with Gasteiger partial charge in [-0.1, -0.05) is 17.6 Å².